The molecule has 0 saturated heterocycles. The van der Waals surface area contributed by atoms with Crippen molar-refractivity contribution >= 4 is 30.5 Å². The number of aliphatic imine (C=N–C) groups is 1. The lowest BCUT2D eigenvalue weighted by Gasteiger charge is -2.23. The van der Waals surface area contributed by atoms with Crippen LogP contribution in [0.25, 0.3) is 28.9 Å². The van der Waals surface area contributed by atoms with E-state index >= 15 is 0 Å². The Hall–Kier alpha value is -3.77. The molecule has 2 heterocycles. The van der Waals surface area contributed by atoms with Crippen LogP contribution in [0, 0.1) is 0 Å². The Bertz CT molecular complexity index is 1400. The maximum atomic E-state index is 4.91. The van der Waals surface area contributed by atoms with Crippen molar-refractivity contribution in [1.82, 2.24) is 15.0 Å². The zero-order valence-electron chi connectivity index (χ0n) is 18.6. The predicted octanol–water partition coefficient (Wildman–Crippen LogP) is 5.95. The van der Waals surface area contributed by atoms with Gasteiger partial charge in [-0.05, 0) is 23.4 Å². The van der Waals surface area contributed by atoms with Crippen molar-refractivity contribution in [1.29, 1.82) is 0 Å². The first-order chi connectivity index (χ1) is 16.8. The summed E-state index contributed by atoms with van der Waals surface area (Å²) in [6.45, 7) is 4.77. The molecule has 0 radical (unpaired) electrons. The van der Waals surface area contributed by atoms with Gasteiger partial charge in [-0.1, -0.05) is 84.9 Å². The van der Waals surface area contributed by atoms with E-state index in [9.17, 15) is 0 Å². The zero-order chi connectivity index (χ0) is 22.9. The molecular weight excluding hydrogens is 438 g/mol. The monoisotopic (exact) mass is 461 g/mol. The number of nitrogens with zero attached hydrogens (tertiary/aromatic N) is 4. The second-order valence-electron chi connectivity index (χ2n) is 8.32. The van der Waals surface area contributed by atoms with Crippen LogP contribution in [-0.4, -0.2) is 40.0 Å². The Morgan fingerprint density at radius 1 is 0.853 bits per heavy atom. The molecule has 6 heteroatoms. The average molecular weight is 462 g/mol. The molecule has 1 aliphatic heterocycles. The Labute approximate surface area is 203 Å². The summed E-state index contributed by atoms with van der Waals surface area (Å²) in [7, 11) is 0. The normalized spacial score (nSPS) is 17.5. The summed E-state index contributed by atoms with van der Waals surface area (Å²) >= 11 is 1.90. The van der Waals surface area contributed by atoms with Crippen LogP contribution < -0.4 is 5.32 Å². The molecule has 2 aliphatic rings. The van der Waals surface area contributed by atoms with Gasteiger partial charge >= 0.3 is 0 Å². The molecule has 2 atom stereocenters. The molecular formula is C28H23N5S. The van der Waals surface area contributed by atoms with Crippen molar-refractivity contribution in [2.24, 2.45) is 4.99 Å². The largest absolute Gasteiger partial charge is 0.352 e. The molecule has 0 saturated carbocycles. The van der Waals surface area contributed by atoms with E-state index < -0.39 is 0 Å². The van der Waals surface area contributed by atoms with Crippen LogP contribution in [0.15, 0.2) is 88.8 Å². The van der Waals surface area contributed by atoms with Crippen molar-refractivity contribution in [3.63, 3.8) is 0 Å². The third kappa shape index (κ3) is 3.70. The number of rotatable bonds is 6. The van der Waals surface area contributed by atoms with E-state index in [0.29, 0.717) is 41.9 Å². The molecule has 2 unspecified atom stereocenters. The molecule has 0 amide bonds. The Morgan fingerprint density at radius 3 is 2.53 bits per heavy atom. The van der Waals surface area contributed by atoms with Crippen LogP contribution >= 0.6 is 11.8 Å². The third-order valence-electron chi connectivity index (χ3n) is 6.22. The number of anilines is 1. The van der Waals surface area contributed by atoms with E-state index in [1.54, 1.807) is 0 Å². The van der Waals surface area contributed by atoms with Crippen molar-refractivity contribution < 1.29 is 0 Å². The number of hydrogen-bond acceptors (Lipinski definition) is 6. The Kier molecular flexibility index (Phi) is 5.43. The molecule has 4 aromatic rings. The highest BCUT2D eigenvalue weighted by molar-refractivity contribution is 8.00. The number of benzene rings is 3. The second-order valence-corrected chi connectivity index (χ2v) is 9.51. The summed E-state index contributed by atoms with van der Waals surface area (Å²) in [5, 5.41) is 3.66. The second kappa shape index (κ2) is 8.88. The molecule has 0 fully saturated rings. The standard InChI is InChI=1S/C28H23N5S/c1-29-16-17-30-28-32-26(19-9-3-2-4-10-19)31-27(33-28)22-13-7-12-21-24-20-11-6-5-8-18(20)14-15-23(24)34-25(21)22/h2-15,23-24H,1,16-17H2,(H,30,31,32,33). The van der Waals surface area contributed by atoms with Gasteiger partial charge in [-0.25, -0.2) is 4.98 Å². The summed E-state index contributed by atoms with van der Waals surface area (Å²) in [4.78, 5) is 19.6. The summed E-state index contributed by atoms with van der Waals surface area (Å²) in [5.74, 6) is 2.23. The number of hydrogen-bond donors (Lipinski definition) is 1. The first-order valence-electron chi connectivity index (χ1n) is 11.4. The molecule has 1 aromatic heterocycles. The quantitative estimate of drug-likeness (QED) is 0.284. The molecule has 166 valence electrons. The van der Waals surface area contributed by atoms with Crippen LogP contribution in [-0.2, 0) is 0 Å². The summed E-state index contributed by atoms with van der Waals surface area (Å²) in [5.41, 5.74) is 6.04. The van der Waals surface area contributed by atoms with Gasteiger partial charge in [-0.15, -0.1) is 11.8 Å². The molecule has 5 nitrogen and oxygen atoms in total. The summed E-state index contributed by atoms with van der Waals surface area (Å²) < 4.78 is 0. The molecule has 0 bridgehead atoms. The lowest BCUT2D eigenvalue weighted by atomic mass is 9.82. The third-order valence-corrected chi connectivity index (χ3v) is 7.61. The lowest BCUT2D eigenvalue weighted by Crippen LogP contribution is -2.13. The van der Waals surface area contributed by atoms with Crippen LogP contribution in [0.1, 0.15) is 22.6 Å². The highest BCUT2D eigenvalue weighted by atomic mass is 32.2. The van der Waals surface area contributed by atoms with E-state index in [0.717, 1.165) is 11.1 Å². The molecule has 1 aliphatic carbocycles. The van der Waals surface area contributed by atoms with Gasteiger partial charge in [0, 0.05) is 33.7 Å². The van der Waals surface area contributed by atoms with Gasteiger partial charge in [-0.3, -0.25) is 4.99 Å². The van der Waals surface area contributed by atoms with Crippen LogP contribution in [0.2, 0.25) is 0 Å². The van der Waals surface area contributed by atoms with Gasteiger partial charge in [0.2, 0.25) is 5.95 Å². The number of nitrogens with one attached hydrogen (secondary N) is 1. The van der Waals surface area contributed by atoms with E-state index in [4.69, 9.17) is 9.97 Å². The fourth-order valence-corrected chi connectivity index (χ4v) is 6.14. The van der Waals surface area contributed by atoms with E-state index in [1.165, 1.54) is 21.6 Å². The summed E-state index contributed by atoms with van der Waals surface area (Å²) in [6, 6.07) is 25.2. The Balaban J connectivity index is 1.46. The Morgan fingerprint density at radius 2 is 1.65 bits per heavy atom. The van der Waals surface area contributed by atoms with Gasteiger partial charge in [0.15, 0.2) is 11.6 Å². The highest BCUT2D eigenvalue weighted by Crippen LogP contribution is 2.54. The first kappa shape index (κ1) is 20.8. The maximum Gasteiger partial charge on any atom is 0.226 e. The van der Waals surface area contributed by atoms with E-state index in [-0.39, 0.29) is 0 Å². The fraction of sp³-hybridized carbons (Fsp3) is 0.143. The van der Waals surface area contributed by atoms with Gasteiger partial charge in [0.25, 0.3) is 0 Å². The highest BCUT2D eigenvalue weighted by Gasteiger charge is 2.37. The smallest absolute Gasteiger partial charge is 0.226 e. The molecule has 6 rings (SSSR count). The van der Waals surface area contributed by atoms with Crippen molar-refractivity contribution in [2.45, 2.75) is 16.1 Å². The number of thioether (sulfide) groups is 1. The van der Waals surface area contributed by atoms with Crippen LogP contribution in [0.5, 0.6) is 0 Å². The SMILES string of the molecule is C=NCCNc1nc(-c2ccccc2)nc(-c2cccc3c2SC2C=Cc4ccccc4C32)n1. The zero-order valence-corrected chi connectivity index (χ0v) is 19.4. The minimum absolute atomic E-state index is 0.341. The first-order valence-corrected chi connectivity index (χ1v) is 12.2. The number of aromatic nitrogens is 3. The molecule has 34 heavy (non-hydrogen) atoms. The summed E-state index contributed by atoms with van der Waals surface area (Å²) in [6.07, 6.45) is 4.58. The van der Waals surface area contributed by atoms with Gasteiger partial charge in [0.05, 0.1) is 6.54 Å². The van der Waals surface area contributed by atoms with Crippen molar-refractivity contribution in [3.05, 3.63) is 95.6 Å². The van der Waals surface area contributed by atoms with Crippen LogP contribution in [0.3, 0.4) is 0 Å². The molecule has 3 aromatic carbocycles. The van der Waals surface area contributed by atoms with Crippen LogP contribution in [0.4, 0.5) is 5.95 Å². The van der Waals surface area contributed by atoms with E-state index in [2.05, 4.69) is 76.6 Å². The minimum atomic E-state index is 0.341. The van der Waals surface area contributed by atoms with Crippen molar-refractivity contribution in [2.75, 3.05) is 18.4 Å². The van der Waals surface area contributed by atoms with Crippen molar-refractivity contribution in [3.8, 4) is 22.8 Å². The predicted molar refractivity (Wildman–Crippen MR) is 141 cm³/mol. The van der Waals surface area contributed by atoms with E-state index in [1.807, 2.05) is 42.1 Å². The van der Waals surface area contributed by atoms with Gasteiger partial charge in [-0.2, -0.15) is 9.97 Å². The topological polar surface area (TPSA) is 63.1 Å². The van der Waals surface area contributed by atoms with Gasteiger partial charge < -0.3 is 5.32 Å². The number of fused-ring (bicyclic) bond motifs is 5. The van der Waals surface area contributed by atoms with Gasteiger partial charge in [0.1, 0.15) is 0 Å². The fourth-order valence-electron chi connectivity index (χ4n) is 4.67. The minimum Gasteiger partial charge on any atom is -0.352 e. The maximum absolute atomic E-state index is 4.91. The molecule has 0 spiro atoms. The average Bonchev–Trinajstić information content (AvgIpc) is 3.29. The lowest BCUT2D eigenvalue weighted by molar-refractivity contribution is 0.844. The molecule has 1 N–H and O–H groups in total.